The molecule has 0 saturated carbocycles. The van der Waals surface area contributed by atoms with Gasteiger partial charge in [0.2, 0.25) is 0 Å². The van der Waals surface area contributed by atoms with Crippen molar-refractivity contribution in [2.45, 2.75) is 52.5 Å². The van der Waals surface area contributed by atoms with Crippen LogP contribution in [0.3, 0.4) is 0 Å². The van der Waals surface area contributed by atoms with Gasteiger partial charge in [-0.25, -0.2) is 0 Å². The zero-order valence-electron chi connectivity index (χ0n) is 9.71. The van der Waals surface area contributed by atoms with Gasteiger partial charge in [-0.1, -0.05) is 13.8 Å². The van der Waals surface area contributed by atoms with Crippen LogP contribution in [0.1, 0.15) is 46.5 Å². The minimum atomic E-state index is 0.444. The Labute approximate surface area is 87.9 Å². The van der Waals surface area contributed by atoms with Crippen molar-refractivity contribution in [3.8, 4) is 6.07 Å². The predicted octanol–water partition coefficient (Wildman–Crippen LogP) is 2.80. The minimum Gasteiger partial charge on any atom is -0.299 e. The second kappa shape index (κ2) is 4.79. The first-order chi connectivity index (χ1) is 6.67. The molecule has 2 heteroatoms. The lowest BCUT2D eigenvalue weighted by Gasteiger charge is -2.28. The van der Waals surface area contributed by atoms with Crippen LogP contribution in [0.25, 0.3) is 0 Å². The molecule has 0 N–H and O–H groups in total. The van der Waals surface area contributed by atoms with Crippen molar-refractivity contribution in [1.82, 2.24) is 4.90 Å². The summed E-state index contributed by atoms with van der Waals surface area (Å²) in [5, 5.41) is 8.66. The van der Waals surface area contributed by atoms with Crippen LogP contribution in [0.4, 0.5) is 0 Å². The molecular weight excluding hydrogens is 172 g/mol. The van der Waals surface area contributed by atoms with Gasteiger partial charge in [0.05, 0.1) is 12.5 Å². The maximum Gasteiger partial charge on any atom is 0.0638 e. The summed E-state index contributed by atoms with van der Waals surface area (Å²) in [6.45, 7) is 9.14. The van der Waals surface area contributed by atoms with Crippen molar-refractivity contribution in [2.24, 2.45) is 5.41 Å². The van der Waals surface area contributed by atoms with Gasteiger partial charge in [-0.3, -0.25) is 4.90 Å². The molecule has 0 bridgehead atoms. The van der Waals surface area contributed by atoms with Gasteiger partial charge in [-0.05, 0) is 38.1 Å². The maximum atomic E-state index is 8.66. The van der Waals surface area contributed by atoms with Crippen molar-refractivity contribution in [3.05, 3.63) is 0 Å². The lowest BCUT2D eigenvalue weighted by Crippen LogP contribution is -2.33. The smallest absolute Gasteiger partial charge is 0.0638 e. The van der Waals surface area contributed by atoms with Gasteiger partial charge in [0, 0.05) is 12.6 Å². The average Bonchev–Trinajstić information content (AvgIpc) is 2.63. The topological polar surface area (TPSA) is 27.0 Å². The largest absolute Gasteiger partial charge is 0.299 e. The molecule has 0 spiro atoms. The Morgan fingerprint density at radius 3 is 2.50 bits per heavy atom. The molecule has 0 aromatic rings. The SMILES string of the molecule is CCC1(CC)CCN(C(C)CC#N)C1. The molecule has 1 aliphatic rings. The van der Waals surface area contributed by atoms with Gasteiger partial charge < -0.3 is 0 Å². The number of rotatable bonds is 4. The first kappa shape index (κ1) is 11.5. The van der Waals surface area contributed by atoms with E-state index in [1.165, 1.54) is 32.4 Å². The van der Waals surface area contributed by atoms with Crippen LogP contribution in [0.5, 0.6) is 0 Å². The van der Waals surface area contributed by atoms with Crippen LogP contribution >= 0.6 is 0 Å². The highest BCUT2D eigenvalue weighted by Gasteiger charge is 2.36. The highest BCUT2D eigenvalue weighted by Crippen LogP contribution is 2.37. The summed E-state index contributed by atoms with van der Waals surface area (Å²) >= 11 is 0. The fourth-order valence-electron chi connectivity index (χ4n) is 2.43. The van der Waals surface area contributed by atoms with E-state index in [0.29, 0.717) is 17.9 Å². The van der Waals surface area contributed by atoms with Crippen LogP contribution in [0.15, 0.2) is 0 Å². The van der Waals surface area contributed by atoms with Gasteiger partial charge in [0.1, 0.15) is 0 Å². The van der Waals surface area contributed by atoms with E-state index in [1.54, 1.807) is 0 Å². The maximum absolute atomic E-state index is 8.66. The summed E-state index contributed by atoms with van der Waals surface area (Å²) in [6.07, 6.45) is 4.54. The van der Waals surface area contributed by atoms with E-state index in [1.807, 2.05) is 0 Å². The molecule has 80 valence electrons. The highest BCUT2D eigenvalue weighted by atomic mass is 15.2. The Bertz CT molecular complexity index is 213. The van der Waals surface area contributed by atoms with Crippen molar-refractivity contribution < 1.29 is 0 Å². The molecule has 1 unspecified atom stereocenters. The summed E-state index contributed by atoms with van der Waals surface area (Å²) in [5.74, 6) is 0. The molecule has 1 heterocycles. The molecule has 1 saturated heterocycles. The number of hydrogen-bond acceptors (Lipinski definition) is 2. The molecule has 0 radical (unpaired) electrons. The molecule has 1 rings (SSSR count). The van der Waals surface area contributed by atoms with E-state index in [9.17, 15) is 0 Å². The van der Waals surface area contributed by atoms with E-state index in [2.05, 4.69) is 31.7 Å². The van der Waals surface area contributed by atoms with Crippen LogP contribution in [0, 0.1) is 16.7 Å². The normalized spacial score (nSPS) is 23.3. The number of nitrogens with zero attached hydrogens (tertiary/aromatic N) is 2. The highest BCUT2D eigenvalue weighted by molar-refractivity contribution is 4.91. The van der Waals surface area contributed by atoms with Crippen molar-refractivity contribution >= 4 is 0 Å². The Kier molecular flexibility index (Phi) is 3.95. The molecule has 1 fully saturated rings. The fraction of sp³-hybridized carbons (Fsp3) is 0.917. The number of hydrogen-bond donors (Lipinski definition) is 0. The first-order valence-electron chi connectivity index (χ1n) is 5.78. The van der Waals surface area contributed by atoms with Gasteiger partial charge >= 0.3 is 0 Å². The van der Waals surface area contributed by atoms with Crippen LogP contribution in [-0.2, 0) is 0 Å². The Hall–Kier alpha value is -0.550. The second-order valence-corrected chi connectivity index (χ2v) is 4.64. The third-order valence-corrected chi connectivity index (χ3v) is 3.98. The van der Waals surface area contributed by atoms with Gasteiger partial charge in [0.15, 0.2) is 0 Å². The predicted molar refractivity (Wildman–Crippen MR) is 58.9 cm³/mol. The van der Waals surface area contributed by atoms with Crippen LogP contribution in [0.2, 0.25) is 0 Å². The third kappa shape index (κ3) is 2.27. The number of likely N-dealkylation sites (tertiary alicyclic amines) is 1. The Balaban J connectivity index is 2.52. The van der Waals surface area contributed by atoms with Crippen LogP contribution in [-0.4, -0.2) is 24.0 Å². The fourth-order valence-corrected chi connectivity index (χ4v) is 2.43. The average molecular weight is 194 g/mol. The molecule has 2 nitrogen and oxygen atoms in total. The summed E-state index contributed by atoms with van der Waals surface area (Å²) in [5.41, 5.74) is 0.545. The van der Waals surface area contributed by atoms with Gasteiger partial charge in [-0.2, -0.15) is 5.26 Å². The quantitative estimate of drug-likeness (QED) is 0.688. The number of nitriles is 1. The standard InChI is InChI=1S/C12H22N2/c1-4-12(5-2)7-9-14(10-12)11(3)6-8-13/h11H,4-7,9-10H2,1-3H3. The zero-order chi connectivity index (χ0) is 10.6. The molecule has 0 aromatic carbocycles. The molecule has 0 aliphatic carbocycles. The molecule has 0 amide bonds. The Morgan fingerprint density at radius 1 is 1.43 bits per heavy atom. The zero-order valence-corrected chi connectivity index (χ0v) is 9.71. The van der Waals surface area contributed by atoms with E-state index < -0.39 is 0 Å². The molecule has 1 aliphatic heterocycles. The van der Waals surface area contributed by atoms with E-state index in [-0.39, 0.29) is 0 Å². The van der Waals surface area contributed by atoms with E-state index >= 15 is 0 Å². The van der Waals surface area contributed by atoms with Crippen molar-refractivity contribution in [2.75, 3.05) is 13.1 Å². The summed E-state index contributed by atoms with van der Waals surface area (Å²) in [7, 11) is 0. The minimum absolute atomic E-state index is 0.444. The summed E-state index contributed by atoms with van der Waals surface area (Å²) in [6, 6.07) is 2.71. The van der Waals surface area contributed by atoms with Gasteiger partial charge in [-0.15, -0.1) is 0 Å². The Morgan fingerprint density at radius 2 is 2.07 bits per heavy atom. The summed E-state index contributed by atoms with van der Waals surface area (Å²) in [4.78, 5) is 2.48. The van der Waals surface area contributed by atoms with E-state index in [4.69, 9.17) is 5.26 Å². The molecule has 14 heavy (non-hydrogen) atoms. The van der Waals surface area contributed by atoms with Gasteiger partial charge in [0.25, 0.3) is 0 Å². The van der Waals surface area contributed by atoms with Crippen molar-refractivity contribution in [3.63, 3.8) is 0 Å². The second-order valence-electron chi connectivity index (χ2n) is 4.64. The van der Waals surface area contributed by atoms with Crippen LogP contribution < -0.4 is 0 Å². The first-order valence-corrected chi connectivity index (χ1v) is 5.78. The lowest BCUT2D eigenvalue weighted by molar-refractivity contribution is 0.204. The molecule has 0 aromatic heterocycles. The third-order valence-electron chi connectivity index (χ3n) is 3.98. The molecule has 1 atom stereocenters. The van der Waals surface area contributed by atoms with E-state index in [0.717, 1.165) is 0 Å². The van der Waals surface area contributed by atoms with Crippen molar-refractivity contribution in [1.29, 1.82) is 5.26 Å². The monoisotopic (exact) mass is 194 g/mol. The lowest BCUT2D eigenvalue weighted by atomic mass is 9.82. The summed E-state index contributed by atoms with van der Waals surface area (Å²) < 4.78 is 0. The molecular formula is C12H22N2.